The van der Waals surface area contributed by atoms with Crippen molar-refractivity contribution in [2.24, 2.45) is 11.7 Å². The lowest BCUT2D eigenvalue weighted by Gasteiger charge is -2.29. The minimum Gasteiger partial charge on any atom is -0.355 e. The smallest absolute Gasteiger partial charge is 0.224 e. The highest BCUT2D eigenvalue weighted by molar-refractivity contribution is 5.78. The van der Waals surface area contributed by atoms with Gasteiger partial charge in [0, 0.05) is 19.6 Å². The van der Waals surface area contributed by atoms with E-state index in [1.54, 1.807) is 0 Å². The first-order chi connectivity index (χ1) is 9.69. The van der Waals surface area contributed by atoms with Crippen LogP contribution in [-0.4, -0.2) is 37.5 Å². The van der Waals surface area contributed by atoms with Crippen molar-refractivity contribution in [1.82, 2.24) is 10.2 Å². The molecule has 20 heavy (non-hydrogen) atoms. The Labute approximate surface area is 121 Å². The van der Waals surface area contributed by atoms with Crippen molar-refractivity contribution in [3.8, 4) is 0 Å². The van der Waals surface area contributed by atoms with Crippen LogP contribution in [0.3, 0.4) is 0 Å². The first-order valence-corrected chi connectivity index (χ1v) is 7.41. The van der Waals surface area contributed by atoms with Gasteiger partial charge < -0.3 is 16.0 Å². The predicted molar refractivity (Wildman–Crippen MR) is 81.3 cm³/mol. The van der Waals surface area contributed by atoms with Gasteiger partial charge in [-0.3, -0.25) is 4.79 Å². The monoisotopic (exact) mass is 275 g/mol. The zero-order valence-corrected chi connectivity index (χ0v) is 12.3. The van der Waals surface area contributed by atoms with Gasteiger partial charge >= 0.3 is 0 Å². The summed E-state index contributed by atoms with van der Waals surface area (Å²) < 4.78 is 0. The van der Waals surface area contributed by atoms with Gasteiger partial charge in [-0.15, -0.1) is 0 Å². The van der Waals surface area contributed by atoms with Crippen LogP contribution >= 0.6 is 0 Å². The maximum Gasteiger partial charge on any atom is 0.224 e. The van der Waals surface area contributed by atoms with Crippen molar-refractivity contribution in [2.75, 3.05) is 26.7 Å². The number of nitrogens with zero attached hydrogens (tertiary/aromatic N) is 1. The third-order valence-corrected chi connectivity index (χ3v) is 4.00. The van der Waals surface area contributed by atoms with E-state index in [-0.39, 0.29) is 5.91 Å². The molecule has 0 saturated carbocycles. The number of hydrogen-bond donors (Lipinski definition) is 2. The molecule has 1 aliphatic rings. The Morgan fingerprint density at radius 1 is 1.40 bits per heavy atom. The van der Waals surface area contributed by atoms with E-state index in [1.165, 1.54) is 19.4 Å². The normalized spacial score (nSPS) is 19.8. The molecule has 1 atom stereocenters. The van der Waals surface area contributed by atoms with E-state index in [0.717, 1.165) is 24.2 Å². The number of benzene rings is 1. The maximum absolute atomic E-state index is 12.0. The summed E-state index contributed by atoms with van der Waals surface area (Å²) in [5.74, 6) is 0.682. The molecule has 0 spiro atoms. The van der Waals surface area contributed by atoms with Crippen LogP contribution in [0.2, 0.25) is 0 Å². The third kappa shape index (κ3) is 4.32. The number of nitrogens with two attached hydrogens (primary N) is 1. The lowest BCUT2D eigenvalue weighted by atomic mass is 9.98. The number of carbonyl (C=O) groups is 1. The molecule has 1 saturated heterocycles. The fourth-order valence-corrected chi connectivity index (χ4v) is 2.86. The minimum atomic E-state index is 0.0964. The first kappa shape index (κ1) is 15.0. The molecule has 4 nitrogen and oxygen atoms in total. The van der Waals surface area contributed by atoms with E-state index in [4.69, 9.17) is 5.73 Å². The number of amides is 1. The van der Waals surface area contributed by atoms with Crippen LogP contribution in [0.25, 0.3) is 0 Å². The Bertz CT molecular complexity index is 447. The van der Waals surface area contributed by atoms with Crippen molar-refractivity contribution in [1.29, 1.82) is 0 Å². The summed E-state index contributed by atoms with van der Waals surface area (Å²) in [4.78, 5) is 14.4. The molecule has 1 aromatic carbocycles. The second-order valence-electron chi connectivity index (χ2n) is 5.72. The molecule has 4 heteroatoms. The molecule has 110 valence electrons. The molecule has 3 N–H and O–H groups in total. The fraction of sp³-hybridized carbons (Fsp3) is 0.562. The Morgan fingerprint density at radius 3 is 2.85 bits per heavy atom. The number of rotatable bonds is 5. The maximum atomic E-state index is 12.0. The molecule has 1 fully saturated rings. The third-order valence-electron chi connectivity index (χ3n) is 4.00. The molecule has 0 bridgehead atoms. The number of hydrogen-bond acceptors (Lipinski definition) is 3. The Balaban J connectivity index is 1.80. The van der Waals surface area contributed by atoms with E-state index in [0.29, 0.717) is 18.9 Å². The van der Waals surface area contributed by atoms with Crippen LogP contribution in [0, 0.1) is 5.92 Å². The quantitative estimate of drug-likeness (QED) is 0.847. The topological polar surface area (TPSA) is 58.4 Å². The van der Waals surface area contributed by atoms with Gasteiger partial charge in [-0.2, -0.15) is 0 Å². The largest absolute Gasteiger partial charge is 0.355 e. The average molecular weight is 275 g/mol. The molecule has 1 aromatic rings. The van der Waals surface area contributed by atoms with Crippen LogP contribution in [0.4, 0.5) is 0 Å². The summed E-state index contributed by atoms with van der Waals surface area (Å²) in [6, 6.07) is 7.88. The molecule has 0 aliphatic carbocycles. The van der Waals surface area contributed by atoms with Gasteiger partial charge in [0.2, 0.25) is 5.91 Å². The fourth-order valence-electron chi connectivity index (χ4n) is 2.86. The highest BCUT2D eigenvalue weighted by atomic mass is 16.1. The van der Waals surface area contributed by atoms with Crippen LogP contribution in [0.1, 0.15) is 24.0 Å². The second-order valence-corrected chi connectivity index (χ2v) is 5.72. The Hall–Kier alpha value is -1.39. The summed E-state index contributed by atoms with van der Waals surface area (Å²) >= 11 is 0. The lowest BCUT2D eigenvalue weighted by Crippen LogP contribution is -2.39. The van der Waals surface area contributed by atoms with E-state index < -0.39 is 0 Å². The molecule has 2 rings (SSSR count). The molecular formula is C16H25N3O. The van der Waals surface area contributed by atoms with Gasteiger partial charge in [0.1, 0.15) is 0 Å². The number of carbonyl (C=O) groups excluding carboxylic acids is 1. The van der Waals surface area contributed by atoms with Crippen molar-refractivity contribution >= 4 is 5.91 Å². The molecule has 1 heterocycles. The van der Waals surface area contributed by atoms with E-state index in [2.05, 4.69) is 17.3 Å². The highest BCUT2D eigenvalue weighted by Crippen LogP contribution is 2.14. The van der Waals surface area contributed by atoms with Gasteiger partial charge in [0.05, 0.1) is 6.42 Å². The molecule has 1 unspecified atom stereocenters. The average Bonchev–Trinajstić information content (AvgIpc) is 2.46. The van der Waals surface area contributed by atoms with Crippen molar-refractivity contribution < 1.29 is 4.79 Å². The minimum absolute atomic E-state index is 0.0964. The Morgan fingerprint density at radius 2 is 2.15 bits per heavy atom. The van der Waals surface area contributed by atoms with Crippen LogP contribution < -0.4 is 11.1 Å². The van der Waals surface area contributed by atoms with Crippen molar-refractivity contribution in [3.05, 3.63) is 35.4 Å². The molecular weight excluding hydrogens is 250 g/mol. The standard InChI is InChI=1S/C16H25N3O/c1-19-8-4-5-13(12-19)11-18-16(20)9-14-6-2-3-7-15(14)10-17/h2-3,6-7,13H,4-5,8-12,17H2,1H3,(H,18,20). The molecule has 1 aliphatic heterocycles. The number of nitrogens with one attached hydrogen (secondary N) is 1. The predicted octanol–water partition coefficient (Wildman–Crippen LogP) is 1.15. The summed E-state index contributed by atoms with van der Waals surface area (Å²) in [7, 11) is 2.14. The lowest BCUT2D eigenvalue weighted by molar-refractivity contribution is -0.120. The molecule has 0 aromatic heterocycles. The van der Waals surface area contributed by atoms with Crippen molar-refractivity contribution in [2.45, 2.75) is 25.8 Å². The Kier molecular flexibility index (Phi) is 5.56. The number of piperidine rings is 1. The van der Waals surface area contributed by atoms with E-state index in [9.17, 15) is 4.79 Å². The van der Waals surface area contributed by atoms with E-state index in [1.807, 2.05) is 24.3 Å². The second kappa shape index (κ2) is 7.41. The van der Waals surface area contributed by atoms with Crippen LogP contribution in [-0.2, 0) is 17.8 Å². The summed E-state index contributed by atoms with van der Waals surface area (Å²) in [5, 5.41) is 3.07. The van der Waals surface area contributed by atoms with Crippen molar-refractivity contribution in [3.63, 3.8) is 0 Å². The van der Waals surface area contributed by atoms with Gasteiger partial charge in [-0.05, 0) is 43.5 Å². The number of likely N-dealkylation sites (tertiary alicyclic amines) is 1. The zero-order chi connectivity index (χ0) is 14.4. The summed E-state index contributed by atoms with van der Waals surface area (Å²) in [5.41, 5.74) is 7.79. The van der Waals surface area contributed by atoms with Gasteiger partial charge in [0.15, 0.2) is 0 Å². The van der Waals surface area contributed by atoms with Crippen LogP contribution in [0.5, 0.6) is 0 Å². The van der Waals surface area contributed by atoms with Gasteiger partial charge in [-0.25, -0.2) is 0 Å². The SMILES string of the molecule is CN1CCCC(CNC(=O)Cc2ccccc2CN)C1. The van der Waals surface area contributed by atoms with Crippen LogP contribution in [0.15, 0.2) is 24.3 Å². The van der Waals surface area contributed by atoms with Gasteiger partial charge in [-0.1, -0.05) is 24.3 Å². The summed E-state index contributed by atoms with van der Waals surface area (Å²) in [6.45, 7) is 3.53. The summed E-state index contributed by atoms with van der Waals surface area (Å²) in [6.07, 6.45) is 2.87. The van der Waals surface area contributed by atoms with Gasteiger partial charge in [0.25, 0.3) is 0 Å². The zero-order valence-electron chi connectivity index (χ0n) is 12.3. The molecule has 0 radical (unpaired) electrons. The highest BCUT2D eigenvalue weighted by Gasteiger charge is 2.17. The molecule has 1 amide bonds. The van der Waals surface area contributed by atoms with E-state index >= 15 is 0 Å². The first-order valence-electron chi connectivity index (χ1n) is 7.41.